The minimum atomic E-state index is -0.575. The molecule has 0 atom stereocenters. The maximum absolute atomic E-state index is 11.6. The molecule has 1 amide bonds. The monoisotopic (exact) mass is 345 g/mol. The van der Waals surface area contributed by atoms with Gasteiger partial charge in [-0.25, -0.2) is 9.97 Å². The van der Waals surface area contributed by atoms with Crippen molar-refractivity contribution in [1.82, 2.24) is 9.97 Å². The number of furan rings is 1. The molecule has 0 spiro atoms. The van der Waals surface area contributed by atoms with Gasteiger partial charge in [-0.1, -0.05) is 0 Å². The van der Waals surface area contributed by atoms with Crippen LogP contribution in [0.5, 0.6) is 0 Å². The van der Waals surface area contributed by atoms with Crippen molar-refractivity contribution in [2.24, 2.45) is 5.73 Å². The third-order valence-corrected chi connectivity index (χ3v) is 4.96. The average molecular weight is 345 g/mol. The van der Waals surface area contributed by atoms with Gasteiger partial charge in [0.2, 0.25) is 5.95 Å². The van der Waals surface area contributed by atoms with Crippen molar-refractivity contribution in [3.05, 3.63) is 23.3 Å². The summed E-state index contributed by atoms with van der Waals surface area (Å²) < 4.78 is 10.9. The van der Waals surface area contributed by atoms with Gasteiger partial charge in [0.15, 0.2) is 5.76 Å². The minimum absolute atomic E-state index is 0.284. The van der Waals surface area contributed by atoms with Gasteiger partial charge >= 0.3 is 0 Å². The van der Waals surface area contributed by atoms with Crippen LogP contribution in [0.3, 0.4) is 0 Å². The van der Waals surface area contributed by atoms with Crippen molar-refractivity contribution in [1.29, 1.82) is 0 Å². The van der Waals surface area contributed by atoms with Crippen LogP contribution < -0.4 is 16.4 Å². The topological polar surface area (TPSA) is 120 Å². The van der Waals surface area contributed by atoms with E-state index in [4.69, 9.17) is 20.6 Å². The summed E-state index contributed by atoms with van der Waals surface area (Å²) in [5.74, 6) is 0.556. The van der Waals surface area contributed by atoms with Crippen LogP contribution in [0, 0.1) is 0 Å². The highest BCUT2D eigenvalue weighted by Crippen LogP contribution is 2.39. The molecule has 124 valence electrons. The van der Waals surface area contributed by atoms with E-state index in [0.29, 0.717) is 59.6 Å². The number of amides is 1. The summed E-state index contributed by atoms with van der Waals surface area (Å²) in [7, 11) is 0. The van der Waals surface area contributed by atoms with Gasteiger partial charge in [-0.2, -0.15) is 0 Å². The van der Waals surface area contributed by atoms with E-state index in [9.17, 15) is 4.79 Å². The summed E-state index contributed by atoms with van der Waals surface area (Å²) in [5.41, 5.74) is 12.4. The molecule has 3 aromatic heterocycles. The van der Waals surface area contributed by atoms with Crippen molar-refractivity contribution < 1.29 is 13.9 Å². The molecule has 8 nitrogen and oxygen atoms in total. The molecule has 4 N–H and O–H groups in total. The third-order valence-electron chi connectivity index (χ3n) is 3.85. The zero-order valence-electron chi connectivity index (χ0n) is 12.7. The lowest BCUT2D eigenvalue weighted by molar-refractivity contribution is 0.100. The predicted octanol–water partition coefficient (Wildman–Crippen LogP) is 1.47. The normalized spacial score (nSPS) is 15.1. The number of nitrogens with zero attached hydrogens (tertiary/aromatic N) is 3. The fourth-order valence-corrected chi connectivity index (χ4v) is 3.63. The van der Waals surface area contributed by atoms with Crippen LogP contribution in [0.25, 0.3) is 21.7 Å². The summed E-state index contributed by atoms with van der Waals surface area (Å²) in [5, 5.41) is 0.598. The van der Waals surface area contributed by atoms with Crippen LogP contribution >= 0.6 is 11.3 Å². The van der Waals surface area contributed by atoms with Gasteiger partial charge in [0.05, 0.1) is 30.6 Å². The molecule has 0 saturated carbocycles. The Morgan fingerprint density at radius 3 is 2.75 bits per heavy atom. The highest BCUT2D eigenvalue weighted by Gasteiger charge is 2.24. The summed E-state index contributed by atoms with van der Waals surface area (Å²) in [4.78, 5) is 23.8. The van der Waals surface area contributed by atoms with Crippen molar-refractivity contribution in [2.45, 2.75) is 0 Å². The molecule has 4 heterocycles. The molecular weight excluding hydrogens is 330 g/mol. The van der Waals surface area contributed by atoms with Gasteiger partial charge in [-0.3, -0.25) is 4.79 Å². The summed E-state index contributed by atoms with van der Waals surface area (Å²) in [6.07, 6.45) is 1.56. The highest BCUT2D eigenvalue weighted by atomic mass is 32.1. The van der Waals surface area contributed by atoms with E-state index in [1.807, 2.05) is 4.90 Å². The van der Waals surface area contributed by atoms with Gasteiger partial charge in [0.1, 0.15) is 15.4 Å². The van der Waals surface area contributed by atoms with Gasteiger partial charge in [0.25, 0.3) is 5.91 Å². The average Bonchev–Trinajstić information content (AvgIpc) is 3.23. The Labute approximate surface area is 141 Å². The summed E-state index contributed by atoms with van der Waals surface area (Å²) in [6.45, 7) is 2.65. The van der Waals surface area contributed by atoms with E-state index in [0.717, 1.165) is 0 Å². The maximum Gasteiger partial charge on any atom is 0.260 e. The van der Waals surface area contributed by atoms with E-state index in [1.54, 1.807) is 18.4 Å². The first-order chi connectivity index (χ1) is 11.6. The number of thiophene rings is 1. The summed E-state index contributed by atoms with van der Waals surface area (Å²) in [6, 6.07) is 3.57. The number of ether oxygens (including phenoxy) is 1. The number of nitrogens with two attached hydrogens (primary N) is 2. The molecule has 1 aliphatic rings. The first-order valence-corrected chi connectivity index (χ1v) is 8.23. The van der Waals surface area contributed by atoms with E-state index in [-0.39, 0.29) is 4.88 Å². The minimum Gasteiger partial charge on any atom is -0.463 e. The number of anilines is 2. The second-order valence-corrected chi connectivity index (χ2v) is 6.34. The quantitative estimate of drug-likeness (QED) is 0.737. The number of hydrogen-bond acceptors (Lipinski definition) is 8. The molecule has 24 heavy (non-hydrogen) atoms. The van der Waals surface area contributed by atoms with E-state index >= 15 is 0 Å². The Morgan fingerprint density at radius 2 is 2.08 bits per heavy atom. The molecule has 1 aliphatic heterocycles. The van der Waals surface area contributed by atoms with E-state index < -0.39 is 5.91 Å². The lowest BCUT2D eigenvalue weighted by Gasteiger charge is -2.26. The standard InChI is InChI=1S/C15H15N5O3S/c16-10-9-11(8-2-1-5-23-8)18-15(20-3-6-22-7-4-20)19-14(9)24-12(10)13(17)21/h1-2,5H,3-4,6-7,16H2,(H2,17,21). The second-order valence-electron chi connectivity index (χ2n) is 5.34. The number of carbonyl (C=O) groups excluding carboxylic acids is 1. The molecule has 1 fully saturated rings. The Morgan fingerprint density at radius 1 is 1.29 bits per heavy atom. The second kappa shape index (κ2) is 5.77. The molecule has 9 heteroatoms. The number of rotatable bonds is 3. The smallest absolute Gasteiger partial charge is 0.260 e. The first-order valence-electron chi connectivity index (χ1n) is 7.41. The van der Waals surface area contributed by atoms with Crippen molar-refractivity contribution in [2.75, 3.05) is 36.9 Å². The molecule has 1 saturated heterocycles. The Hall–Kier alpha value is -2.65. The molecular formula is C15H15N5O3S. The maximum atomic E-state index is 11.6. The molecule has 0 unspecified atom stereocenters. The lowest BCUT2D eigenvalue weighted by Crippen LogP contribution is -2.37. The van der Waals surface area contributed by atoms with Crippen molar-refractivity contribution >= 4 is 39.1 Å². The molecule has 3 aromatic rings. The van der Waals surface area contributed by atoms with Gasteiger partial charge in [-0.05, 0) is 12.1 Å². The molecule has 0 aliphatic carbocycles. The number of hydrogen-bond donors (Lipinski definition) is 2. The Kier molecular flexibility index (Phi) is 3.58. The van der Waals surface area contributed by atoms with Crippen molar-refractivity contribution in [3.8, 4) is 11.5 Å². The predicted molar refractivity (Wildman–Crippen MR) is 91.1 cm³/mol. The molecule has 0 aromatic carbocycles. The van der Waals surface area contributed by atoms with Crippen LogP contribution in [0.1, 0.15) is 9.67 Å². The number of nitrogen functional groups attached to an aromatic ring is 1. The largest absolute Gasteiger partial charge is 0.463 e. The number of fused-ring (bicyclic) bond motifs is 1. The number of morpholine rings is 1. The van der Waals surface area contributed by atoms with Crippen LogP contribution in [-0.2, 0) is 4.74 Å². The Balaban J connectivity index is 1.95. The number of carbonyl (C=O) groups is 1. The van der Waals surface area contributed by atoms with E-state index in [2.05, 4.69) is 9.97 Å². The lowest BCUT2D eigenvalue weighted by atomic mass is 10.2. The molecule has 4 rings (SSSR count). The molecule has 0 radical (unpaired) electrons. The van der Waals surface area contributed by atoms with E-state index in [1.165, 1.54) is 11.3 Å². The van der Waals surface area contributed by atoms with Gasteiger partial charge < -0.3 is 25.5 Å². The van der Waals surface area contributed by atoms with Crippen molar-refractivity contribution in [3.63, 3.8) is 0 Å². The SMILES string of the molecule is NC(=O)c1sc2nc(N3CCOCC3)nc(-c3ccco3)c2c1N. The van der Waals surface area contributed by atoms with Crippen LogP contribution in [0.4, 0.5) is 11.6 Å². The fraction of sp³-hybridized carbons (Fsp3) is 0.267. The zero-order valence-corrected chi connectivity index (χ0v) is 13.5. The number of aromatic nitrogens is 2. The third kappa shape index (κ3) is 2.38. The first kappa shape index (κ1) is 14.9. The molecule has 0 bridgehead atoms. The fourth-order valence-electron chi connectivity index (χ4n) is 2.69. The van der Waals surface area contributed by atoms with Gasteiger partial charge in [-0.15, -0.1) is 11.3 Å². The Bertz CT molecular complexity index is 900. The van der Waals surface area contributed by atoms with Crippen LogP contribution in [0.15, 0.2) is 22.8 Å². The van der Waals surface area contributed by atoms with Crippen LogP contribution in [0.2, 0.25) is 0 Å². The highest BCUT2D eigenvalue weighted by molar-refractivity contribution is 7.21. The van der Waals surface area contributed by atoms with Gasteiger partial charge in [0, 0.05) is 13.1 Å². The summed E-state index contributed by atoms with van der Waals surface area (Å²) >= 11 is 1.17. The zero-order chi connectivity index (χ0) is 16.7. The number of primary amides is 1. The van der Waals surface area contributed by atoms with Crippen LogP contribution in [-0.4, -0.2) is 42.2 Å².